The van der Waals surface area contributed by atoms with Crippen LogP contribution in [0.5, 0.6) is 17.2 Å². The third kappa shape index (κ3) is 4.87. The van der Waals surface area contributed by atoms with Crippen molar-refractivity contribution in [2.45, 2.75) is 11.8 Å². The number of carbonyl (C=O) groups is 2. The third-order valence-electron chi connectivity index (χ3n) is 7.50. The Labute approximate surface area is 232 Å². The molecule has 1 fully saturated rings. The number of aliphatic carboxylic acids is 1. The summed E-state index contributed by atoms with van der Waals surface area (Å²) in [6.07, 6.45) is 0. The highest BCUT2D eigenvalue weighted by atomic mass is 16.5. The molecule has 0 bridgehead atoms. The zero-order valence-electron chi connectivity index (χ0n) is 22.0. The molecule has 0 amide bonds. The third-order valence-corrected chi connectivity index (χ3v) is 7.50. The number of nitriles is 1. The van der Waals surface area contributed by atoms with E-state index in [9.17, 15) is 14.7 Å². The number of ether oxygens (including phenoxy) is 3. The van der Waals surface area contributed by atoms with Gasteiger partial charge >= 0.3 is 11.9 Å². The number of hydrogen-bond acceptors (Lipinski definition) is 6. The average Bonchev–Trinajstić information content (AvgIpc) is 2.97. The number of methoxy groups -OCH3 is 2. The van der Waals surface area contributed by atoms with Gasteiger partial charge in [0.25, 0.3) is 0 Å². The van der Waals surface area contributed by atoms with Crippen molar-refractivity contribution in [3.8, 4) is 34.4 Å². The average molecular weight is 534 g/mol. The molecule has 2 atom stereocenters. The van der Waals surface area contributed by atoms with Crippen LogP contribution in [0.2, 0.25) is 0 Å². The van der Waals surface area contributed by atoms with Crippen molar-refractivity contribution in [1.82, 2.24) is 0 Å². The van der Waals surface area contributed by atoms with Gasteiger partial charge in [-0.25, -0.2) is 0 Å². The summed E-state index contributed by atoms with van der Waals surface area (Å²) in [7, 11) is 3.04. The van der Waals surface area contributed by atoms with Crippen LogP contribution in [0.25, 0.3) is 11.1 Å². The second-order valence-corrected chi connectivity index (χ2v) is 9.56. The number of esters is 1. The van der Waals surface area contributed by atoms with Crippen LogP contribution in [0.3, 0.4) is 0 Å². The lowest BCUT2D eigenvalue weighted by molar-refractivity contribution is -0.158. The molecule has 40 heavy (non-hydrogen) atoms. The fourth-order valence-electron chi connectivity index (χ4n) is 5.67. The molecule has 0 aromatic heterocycles. The van der Waals surface area contributed by atoms with E-state index in [1.807, 2.05) is 18.2 Å². The van der Waals surface area contributed by atoms with Crippen LogP contribution >= 0.6 is 0 Å². The van der Waals surface area contributed by atoms with Gasteiger partial charge in [-0.3, -0.25) is 9.59 Å². The van der Waals surface area contributed by atoms with Crippen molar-refractivity contribution in [2.24, 2.45) is 11.8 Å². The second-order valence-electron chi connectivity index (χ2n) is 9.56. The highest BCUT2D eigenvalue weighted by Crippen LogP contribution is 2.60. The van der Waals surface area contributed by atoms with Crippen molar-refractivity contribution >= 4 is 11.9 Å². The Kier molecular flexibility index (Phi) is 7.52. The summed E-state index contributed by atoms with van der Waals surface area (Å²) in [5.41, 5.74) is 3.50. The number of carboxylic acid groups (broad SMARTS) is 1. The maximum Gasteiger partial charge on any atom is 0.315 e. The van der Waals surface area contributed by atoms with Gasteiger partial charge in [-0.05, 0) is 58.7 Å². The number of benzene rings is 4. The normalized spacial score (nSPS) is 19.5. The molecule has 1 aliphatic rings. The number of rotatable bonds is 8. The number of carboxylic acids is 1. The molecule has 0 saturated heterocycles. The molecule has 7 heteroatoms. The maximum atomic E-state index is 13.9. The first-order chi connectivity index (χ1) is 19.5. The van der Waals surface area contributed by atoms with Crippen molar-refractivity contribution in [3.05, 3.63) is 114 Å². The first-order valence-electron chi connectivity index (χ1n) is 12.8. The number of nitrogens with zero attached hydrogens (tertiary/aromatic N) is 1. The molecule has 0 unspecified atom stereocenters. The molecule has 1 aliphatic carbocycles. The molecule has 7 nitrogen and oxygen atoms in total. The van der Waals surface area contributed by atoms with E-state index in [1.54, 1.807) is 78.9 Å². The molecule has 0 radical (unpaired) electrons. The van der Waals surface area contributed by atoms with Crippen LogP contribution in [0.4, 0.5) is 0 Å². The lowest BCUT2D eigenvalue weighted by atomic mass is 9.52. The minimum atomic E-state index is -1.02. The highest BCUT2D eigenvalue weighted by Gasteiger charge is 2.60. The Bertz CT molecular complexity index is 1530. The molecule has 0 heterocycles. The van der Waals surface area contributed by atoms with Crippen LogP contribution in [0.15, 0.2) is 97.1 Å². The maximum absolute atomic E-state index is 13.9. The Morgan fingerprint density at radius 1 is 0.725 bits per heavy atom. The van der Waals surface area contributed by atoms with Crippen molar-refractivity contribution in [1.29, 1.82) is 5.26 Å². The van der Waals surface area contributed by atoms with Crippen LogP contribution < -0.4 is 14.2 Å². The monoisotopic (exact) mass is 533 g/mol. The zero-order valence-corrected chi connectivity index (χ0v) is 22.0. The molecule has 4 aromatic carbocycles. The summed E-state index contributed by atoms with van der Waals surface area (Å²) in [4.78, 5) is 26.6. The summed E-state index contributed by atoms with van der Waals surface area (Å²) in [5, 5.41) is 19.4. The predicted molar refractivity (Wildman–Crippen MR) is 148 cm³/mol. The van der Waals surface area contributed by atoms with Crippen molar-refractivity contribution in [3.63, 3.8) is 0 Å². The highest BCUT2D eigenvalue weighted by molar-refractivity contribution is 5.86. The smallest absolute Gasteiger partial charge is 0.315 e. The Morgan fingerprint density at radius 2 is 1.30 bits per heavy atom. The topological polar surface area (TPSA) is 106 Å². The SMILES string of the molecule is COc1ccccc1[C@@H]1[C@H](C(=O)O)[C@@H](c2ccccc2OC)[C@@H]1C(=O)Oc1cccc(-c2ccc(C#N)cc2)c1. The standard InChI is InChI=1S/C33H27NO6/c1-38-26-12-5-3-10-24(26)28-30(32(35)36)29(25-11-4-6-13-27(25)39-2)31(28)33(37)40-23-9-7-8-22(18-23)21-16-14-20(19-34)15-17-21/h3-18,28-31H,1-2H3,(H,35,36)/t28-,29-,30-,31+/m1/s1. The van der Waals surface area contributed by atoms with Gasteiger partial charge in [0.2, 0.25) is 0 Å². The fraction of sp³-hybridized carbons (Fsp3) is 0.182. The van der Waals surface area contributed by atoms with Gasteiger partial charge in [0.1, 0.15) is 17.2 Å². The first kappa shape index (κ1) is 26.5. The van der Waals surface area contributed by atoms with Crippen LogP contribution in [-0.2, 0) is 9.59 Å². The predicted octanol–water partition coefficient (Wildman–Crippen LogP) is 6.05. The molecule has 200 valence electrons. The summed E-state index contributed by atoms with van der Waals surface area (Å²) >= 11 is 0. The Balaban J connectivity index is 1.54. The van der Waals surface area contributed by atoms with Gasteiger partial charge in [-0.2, -0.15) is 5.26 Å². The number of hydrogen-bond donors (Lipinski definition) is 1. The van der Waals surface area contributed by atoms with E-state index >= 15 is 0 Å². The molecular weight excluding hydrogens is 506 g/mol. The summed E-state index contributed by atoms with van der Waals surface area (Å²) < 4.78 is 17.0. The zero-order chi connectivity index (χ0) is 28.2. The van der Waals surface area contributed by atoms with Crippen LogP contribution in [0.1, 0.15) is 28.5 Å². The van der Waals surface area contributed by atoms with E-state index in [0.29, 0.717) is 33.9 Å². The molecule has 4 aromatic rings. The molecular formula is C33H27NO6. The van der Waals surface area contributed by atoms with Crippen LogP contribution in [-0.4, -0.2) is 31.3 Å². The van der Waals surface area contributed by atoms with E-state index in [0.717, 1.165) is 11.1 Å². The quantitative estimate of drug-likeness (QED) is 0.217. The molecule has 0 aliphatic heterocycles. The molecule has 0 spiro atoms. The van der Waals surface area contributed by atoms with Gasteiger partial charge < -0.3 is 19.3 Å². The molecule has 5 rings (SSSR count). The van der Waals surface area contributed by atoms with E-state index < -0.39 is 35.6 Å². The lowest BCUT2D eigenvalue weighted by Gasteiger charge is -2.49. The van der Waals surface area contributed by atoms with Gasteiger partial charge in [0, 0.05) is 11.8 Å². The fourth-order valence-corrected chi connectivity index (χ4v) is 5.67. The van der Waals surface area contributed by atoms with Gasteiger partial charge in [-0.15, -0.1) is 0 Å². The van der Waals surface area contributed by atoms with E-state index in [4.69, 9.17) is 19.5 Å². The Morgan fingerprint density at radius 3 is 1.82 bits per heavy atom. The van der Waals surface area contributed by atoms with E-state index in [2.05, 4.69) is 6.07 Å². The number of carbonyl (C=O) groups excluding carboxylic acids is 1. The van der Waals surface area contributed by atoms with E-state index in [-0.39, 0.29) is 0 Å². The summed E-state index contributed by atoms with van der Waals surface area (Å²) in [6, 6.07) is 30.6. The Hall–Kier alpha value is -5.09. The minimum Gasteiger partial charge on any atom is -0.496 e. The van der Waals surface area contributed by atoms with Crippen molar-refractivity contribution in [2.75, 3.05) is 14.2 Å². The van der Waals surface area contributed by atoms with Crippen LogP contribution in [0, 0.1) is 23.2 Å². The van der Waals surface area contributed by atoms with E-state index in [1.165, 1.54) is 14.2 Å². The van der Waals surface area contributed by atoms with Gasteiger partial charge in [-0.1, -0.05) is 60.7 Å². The summed E-state index contributed by atoms with van der Waals surface area (Å²) in [6.45, 7) is 0. The second kappa shape index (κ2) is 11.3. The first-order valence-corrected chi connectivity index (χ1v) is 12.8. The van der Waals surface area contributed by atoms with Gasteiger partial charge in [0.15, 0.2) is 0 Å². The number of para-hydroxylation sites is 2. The minimum absolute atomic E-state index is 0.336. The lowest BCUT2D eigenvalue weighted by Crippen LogP contribution is -2.52. The van der Waals surface area contributed by atoms with Gasteiger partial charge in [0.05, 0.1) is 37.7 Å². The molecule has 1 N–H and O–H groups in total. The van der Waals surface area contributed by atoms with Crippen molar-refractivity contribution < 1.29 is 28.9 Å². The summed E-state index contributed by atoms with van der Waals surface area (Å²) in [5.74, 6) is -3.28. The largest absolute Gasteiger partial charge is 0.496 e. The molecule has 1 saturated carbocycles.